The fraction of sp³-hybridized carbons (Fsp3) is 0.524. The van der Waals surface area contributed by atoms with Crippen molar-refractivity contribution < 1.29 is 9.53 Å². The molecule has 1 unspecified atom stereocenters. The Morgan fingerprint density at radius 2 is 2.15 bits per heavy atom. The Morgan fingerprint density at radius 3 is 2.88 bits per heavy atom. The van der Waals surface area contributed by atoms with E-state index in [-0.39, 0.29) is 11.3 Å². The van der Waals surface area contributed by atoms with Crippen molar-refractivity contribution >= 4 is 5.91 Å². The third kappa shape index (κ3) is 4.45. The molecule has 0 saturated heterocycles. The van der Waals surface area contributed by atoms with Crippen LogP contribution >= 0.6 is 0 Å². The largest absolute Gasteiger partial charge is 0.481 e. The van der Waals surface area contributed by atoms with Crippen LogP contribution in [0.4, 0.5) is 0 Å². The zero-order valence-corrected chi connectivity index (χ0v) is 16.2. The van der Waals surface area contributed by atoms with Gasteiger partial charge in [0.1, 0.15) is 11.6 Å². The Kier molecular flexibility index (Phi) is 5.35. The lowest BCUT2D eigenvalue weighted by molar-refractivity contribution is -0.127. The van der Waals surface area contributed by atoms with Gasteiger partial charge in [-0.15, -0.1) is 0 Å². The molecule has 1 aliphatic rings. The number of carbonyl (C=O) groups is 1. The van der Waals surface area contributed by atoms with E-state index in [1.165, 1.54) is 18.4 Å². The Balaban J connectivity index is 1.55. The Morgan fingerprint density at radius 1 is 1.35 bits per heavy atom. The number of amides is 1. The molecule has 1 amide bonds. The molecule has 1 aromatic heterocycles. The molecule has 1 atom stereocenters. The maximum Gasteiger partial charge on any atom is 0.261 e. The maximum atomic E-state index is 12.4. The molecule has 0 radical (unpaired) electrons. The van der Waals surface area contributed by atoms with Crippen LogP contribution in [0.5, 0.6) is 5.75 Å². The quantitative estimate of drug-likeness (QED) is 0.891. The van der Waals surface area contributed by atoms with Crippen molar-refractivity contribution in [2.45, 2.75) is 71.6 Å². The van der Waals surface area contributed by atoms with E-state index >= 15 is 0 Å². The predicted octanol–water partition coefficient (Wildman–Crippen LogP) is 3.60. The Labute approximate surface area is 155 Å². The second kappa shape index (κ2) is 7.52. The molecule has 1 aromatic carbocycles. The number of nitrogens with one attached hydrogen (secondary N) is 1. The highest BCUT2D eigenvalue weighted by Gasteiger charge is 2.18. The number of aromatic nitrogens is 2. The van der Waals surface area contributed by atoms with Gasteiger partial charge in [-0.3, -0.25) is 4.79 Å². The fourth-order valence-electron chi connectivity index (χ4n) is 3.17. The number of nitrogens with zero attached hydrogens (tertiary/aromatic N) is 2. The molecule has 3 rings (SSSR count). The molecule has 0 aliphatic carbocycles. The van der Waals surface area contributed by atoms with Crippen LogP contribution < -0.4 is 10.1 Å². The second-order valence-electron chi connectivity index (χ2n) is 8.05. The number of benzene rings is 1. The van der Waals surface area contributed by atoms with Gasteiger partial charge < -0.3 is 14.6 Å². The van der Waals surface area contributed by atoms with Crippen LogP contribution in [-0.4, -0.2) is 21.6 Å². The van der Waals surface area contributed by atoms with E-state index in [1.807, 2.05) is 24.4 Å². The third-order valence-electron chi connectivity index (χ3n) is 4.78. The minimum absolute atomic E-state index is 0.0467. The topological polar surface area (TPSA) is 56.1 Å². The minimum Gasteiger partial charge on any atom is -0.481 e. The molecule has 0 fully saturated rings. The predicted molar refractivity (Wildman–Crippen MR) is 102 cm³/mol. The standard InChI is InChI=1S/C21H29N3O2/c1-15(26-18-9-7-8-16(12-18)21(2,3)4)20(25)22-13-17-14-24-11-6-5-10-19(24)23-17/h7-9,12,14-15H,5-6,10-11,13H2,1-4H3,(H,22,25). The van der Waals surface area contributed by atoms with Gasteiger partial charge in [0.15, 0.2) is 6.10 Å². The Bertz CT molecular complexity index is 750. The molecule has 5 nitrogen and oxygen atoms in total. The lowest BCUT2D eigenvalue weighted by Crippen LogP contribution is -2.36. The zero-order chi connectivity index (χ0) is 18.7. The van der Waals surface area contributed by atoms with Crippen molar-refractivity contribution in [3.63, 3.8) is 0 Å². The summed E-state index contributed by atoms with van der Waals surface area (Å²) in [6.07, 6.45) is 4.92. The van der Waals surface area contributed by atoms with Crippen LogP contribution in [0.25, 0.3) is 0 Å². The molecule has 1 aliphatic heterocycles. The van der Waals surface area contributed by atoms with E-state index in [1.54, 1.807) is 6.92 Å². The molecule has 0 bridgehead atoms. The molecule has 2 aromatic rings. The number of carbonyl (C=O) groups excluding carboxylic acids is 1. The van der Waals surface area contributed by atoms with Gasteiger partial charge in [0, 0.05) is 19.2 Å². The monoisotopic (exact) mass is 355 g/mol. The van der Waals surface area contributed by atoms with Gasteiger partial charge in [-0.1, -0.05) is 32.9 Å². The fourth-order valence-corrected chi connectivity index (χ4v) is 3.17. The summed E-state index contributed by atoms with van der Waals surface area (Å²) in [4.78, 5) is 17.0. The highest BCUT2D eigenvalue weighted by atomic mass is 16.5. The van der Waals surface area contributed by atoms with E-state index in [4.69, 9.17) is 4.74 Å². The maximum absolute atomic E-state index is 12.4. The number of imidazole rings is 1. The zero-order valence-electron chi connectivity index (χ0n) is 16.2. The molecule has 0 spiro atoms. The van der Waals surface area contributed by atoms with Crippen molar-refractivity contribution in [2.75, 3.05) is 0 Å². The van der Waals surface area contributed by atoms with Gasteiger partial charge in [-0.05, 0) is 42.9 Å². The van der Waals surface area contributed by atoms with Crippen LogP contribution in [0.3, 0.4) is 0 Å². The number of aryl methyl sites for hydroxylation is 2. The van der Waals surface area contributed by atoms with Gasteiger partial charge >= 0.3 is 0 Å². The highest BCUT2D eigenvalue weighted by molar-refractivity contribution is 5.80. The third-order valence-corrected chi connectivity index (χ3v) is 4.78. The van der Waals surface area contributed by atoms with Crippen molar-refractivity contribution in [1.82, 2.24) is 14.9 Å². The van der Waals surface area contributed by atoms with E-state index in [0.29, 0.717) is 6.54 Å². The molecule has 2 heterocycles. The van der Waals surface area contributed by atoms with Crippen molar-refractivity contribution in [3.8, 4) is 5.75 Å². The smallest absolute Gasteiger partial charge is 0.261 e. The Hall–Kier alpha value is -2.30. The number of hydrogen-bond donors (Lipinski definition) is 1. The van der Waals surface area contributed by atoms with Crippen molar-refractivity contribution in [3.05, 3.63) is 47.5 Å². The summed E-state index contributed by atoms with van der Waals surface area (Å²) < 4.78 is 8.04. The normalized spacial score (nSPS) is 15.2. The lowest BCUT2D eigenvalue weighted by atomic mass is 9.87. The summed E-state index contributed by atoms with van der Waals surface area (Å²) in [7, 11) is 0. The number of rotatable bonds is 5. The van der Waals surface area contributed by atoms with E-state index in [2.05, 4.69) is 41.7 Å². The van der Waals surface area contributed by atoms with Crippen molar-refractivity contribution in [1.29, 1.82) is 0 Å². The molecule has 26 heavy (non-hydrogen) atoms. The summed E-state index contributed by atoms with van der Waals surface area (Å²) >= 11 is 0. The molecular weight excluding hydrogens is 326 g/mol. The van der Waals surface area contributed by atoms with Gasteiger partial charge in [0.05, 0.1) is 12.2 Å². The summed E-state index contributed by atoms with van der Waals surface area (Å²) in [5.41, 5.74) is 2.15. The number of fused-ring (bicyclic) bond motifs is 1. The lowest BCUT2D eigenvalue weighted by Gasteiger charge is -2.21. The van der Waals surface area contributed by atoms with Crippen LogP contribution in [0, 0.1) is 0 Å². The van der Waals surface area contributed by atoms with Crippen LogP contribution in [0.1, 0.15) is 57.6 Å². The van der Waals surface area contributed by atoms with E-state index < -0.39 is 6.10 Å². The van der Waals surface area contributed by atoms with Gasteiger partial charge in [0.25, 0.3) is 5.91 Å². The number of hydrogen-bond acceptors (Lipinski definition) is 3. The van der Waals surface area contributed by atoms with Crippen molar-refractivity contribution in [2.24, 2.45) is 0 Å². The molecule has 0 saturated carbocycles. The van der Waals surface area contributed by atoms with Crippen LogP contribution in [0.2, 0.25) is 0 Å². The minimum atomic E-state index is -0.553. The first-order chi connectivity index (χ1) is 12.3. The van der Waals surface area contributed by atoms with Gasteiger partial charge in [-0.2, -0.15) is 0 Å². The average Bonchev–Trinajstić information content (AvgIpc) is 3.02. The summed E-state index contributed by atoms with van der Waals surface area (Å²) in [5.74, 6) is 1.72. The molecule has 140 valence electrons. The van der Waals surface area contributed by atoms with E-state index in [0.717, 1.165) is 30.2 Å². The van der Waals surface area contributed by atoms with E-state index in [9.17, 15) is 4.79 Å². The molecule has 5 heteroatoms. The molecule has 1 N–H and O–H groups in total. The second-order valence-corrected chi connectivity index (χ2v) is 8.05. The van der Waals surface area contributed by atoms with Gasteiger partial charge in [0.2, 0.25) is 0 Å². The van der Waals surface area contributed by atoms with Crippen LogP contribution in [-0.2, 0) is 29.7 Å². The highest BCUT2D eigenvalue weighted by Crippen LogP contribution is 2.26. The number of ether oxygens (including phenoxy) is 1. The molecular formula is C21H29N3O2. The van der Waals surface area contributed by atoms with Crippen LogP contribution in [0.15, 0.2) is 30.5 Å². The average molecular weight is 355 g/mol. The summed E-state index contributed by atoms with van der Waals surface area (Å²) in [6, 6.07) is 7.95. The summed E-state index contributed by atoms with van der Waals surface area (Å²) in [5, 5.41) is 2.93. The first-order valence-corrected chi connectivity index (χ1v) is 9.43. The first-order valence-electron chi connectivity index (χ1n) is 9.43. The van der Waals surface area contributed by atoms with Gasteiger partial charge in [-0.25, -0.2) is 4.98 Å². The summed E-state index contributed by atoms with van der Waals surface area (Å²) in [6.45, 7) is 9.72. The first kappa shape index (κ1) is 18.5. The SMILES string of the molecule is CC(Oc1cccc(C(C)(C)C)c1)C(=O)NCc1cn2c(n1)CCCC2.